The number of hydrogen-bond donors (Lipinski definition) is 0. The van der Waals surface area contributed by atoms with Crippen LogP contribution in [0.25, 0.3) is 72.5 Å². The second-order valence-electron chi connectivity index (χ2n) is 14.4. The summed E-state index contributed by atoms with van der Waals surface area (Å²) in [6.45, 7) is 0. The molecular formula is C51H34N4OSi. The zero-order chi connectivity index (χ0) is 37.8. The molecule has 0 aliphatic heterocycles. The quantitative estimate of drug-likeness (QED) is 0.121. The highest BCUT2D eigenvalue weighted by atomic mass is 28.3. The van der Waals surface area contributed by atoms with Crippen molar-refractivity contribution in [2.45, 2.75) is 0 Å². The Labute approximate surface area is 330 Å². The molecule has 0 atom stereocenters. The lowest BCUT2D eigenvalue weighted by molar-refractivity contribution is 0.669. The van der Waals surface area contributed by atoms with Crippen LogP contribution in [0.3, 0.4) is 0 Å². The molecule has 3 aromatic heterocycles. The second-order valence-corrected chi connectivity index (χ2v) is 18.1. The second kappa shape index (κ2) is 13.4. The lowest BCUT2D eigenvalue weighted by atomic mass is 10.1. The summed E-state index contributed by atoms with van der Waals surface area (Å²) in [6.07, 6.45) is 0. The van der Waals surface area contributed by atoms with Crippen LogP contribution in [-0.4, -0.2) is 27.6 Å². The number of hydrogen-bond acceptors (Lipinski definition) is 4. The van der Waals surface area contributed by atoms with Crippen molar-refractivity contribution in [1.82, 2.24) is 19.5 Å². The standard InChI is InChI=1S/C51H34N4OSi/c1-5-18-35(19-6-1)49-52-50(36-20-7-2-8-21-36)54-51(53-49)55-43-28-15-13-27-42(43)48-44(55)29-17-31-47(48)57(37-22-9-3-10-23-37,38-24-11-4-12-25-38)39-32-33-41-40-26-14-16-30-45(40)56-46(41)34-39/h1-34H. The van der Waals surface area contributed by atoms with Crippen LogP contribution in [0.5, 0.6) is 0 Å². The highest BCUT2D eigenvalue weighted by molar-refractivity contribution is 7.21. The zero-order valence-corrected chi connectivity index (χ0v) is 31.8. The van der Waals surface area contributed by atoms with Gasteiger partial charge in [0.2, 0.25) is 5.95 Å². The minimum Gasteiger partial charge on any atom is -0.456 e. The molecule has 8 aromatic carbocycles. The predicted molar refractivity (Wildman–Crippen MR) is 236 cm³/mol. The first-order valence-corrected chi connectivity index (χ1v) is 21.2. The van der Waals surface area contributed by atoms with E-state index in [1.165, 1.54) is 26.1 Å². The van der Waals surface area contributed by atoms with E-state index in [4.69, 9.17) is 19.4 Å². The first-order chi connectivity index (χ1) is 28.3. The summed E-state index contributed by atoms with van der Waals surface area (Å²) < 4.78 is 8.84. The number of fused-ring (bicyclic) bond motifs is 6. The van der Waals surface area contributed by atoms with E-state index in [1.54, 1.807) is 0 Å². The van der Waals surface area contributed by atoms with E-state index in [0.717, 1.165) is 49.5 Å². The number of para-hydroxylation sites is 2. The van der Waals surface area contributed by atoms with E-state index in [1.807, 2.05) is 42.5 Å². The molecule has 0 radical (unpaired) electrons. The Kier molecular flexibility index (Phi) is 7.76. The molecule has 57 heavy (non-hydrogen) atoms. The lowest BCUT2D eigenvalue weighted by Crippen LogP contribution is -2.74. The zero-order valence-electron chi connectivity index (χ0n) is 30.8. The van der Waals surface area contributed by atoms with Crippen LogP contribution >= 0.6 is 0 Å². The Morgan fingerprint density at radius 3 is 1.56 bits per heavy atom. The highest BCUT2D eigenvalue weighted by Gasteiger charge is 2.43. The van der Waals surface area contributed by atoms with Crippen LogP contribution in [0.4, 0.5) is 0 Å². The first-order valence-electron chi connectivity index (χ1n) is 19.2. The van der Waals surface area contributed by atoms with Gasteiger partial charge in [-0.15, -0.1) is 0 Å². The Morgan fingerprint density at radius 2 is 0.912 bits per heavy atom. The third-order valence-corrected chi connectivity index (χ3v) is 16.0. The van der Waals surface area contributed by atoms with Crippen LogP contribution in [0.15, 0.2) is 211 Å². The Morgan fingerprint density at radius 1 is 0.386 bits per heavy atom. The van der Waals surface area contributed by atoms with Crippen molar-refractivity contribution in [1.29, 1.82) is 0 Å². The minimum atomic E-state index is -3.09. The van der Waals surface area contributed by atoms with E-state index >= 15 is 0 Å². The maximum absolute atomic E-state index is 6.61. The summed E-state index contributed by atoms with van der Waals surface area (Å²) in [5, 5.41) is 9.66. The van der Waals surface area contributed by atoms with Crippen molar-refractivity contribution in [2.75, 3.05) is 0 Å². The molecule has 6 heteroatoms. The van der Waals surface area contributed by atoms with Gasteiger partial charge in [0, 0.05) is 32.7 Å². The number of furan rings is 1. The van der Waals surface area contributed by atoms with Crippen LogP contribution in [0.2, 0.25) is 0 Å². The maximum Gasteiger partial charge on any atom is 0.238 e. The molecule has 0 aliphatic rings. The smallest absolute Gasteiger partial charge is 0.238 e. The van der Waals surface area contributed by atoms with Crippen LogP contribution in [-0.2, 0) is 0 Å². The SMILES string of the molecule is c1ccc(-c2nc(-c3ccccc3)nc(-n3c4ccccc4c4c([Si](c5ccccc5)(c5ccccc5)c5ccc6c(c5)oc5ccccc56)cccc43)n2)cc1. The maximum atomic E-state index is 6.61. The molecule has 3 heterocycles. The van der Waals surface area contributed by atoms with E-state index in [2.05, 4.69) is 168 Å². The average Bonchev–Trinajstić information content (AvgIpc) is 3.84. The Balaban J connectivity index is 1.26. The summed E-state index contributed by atoms with van der Waals surface area (Å²) in [6, 6.07) is 73.1. The molecule has 0 spiro atoms. The van der Waals surface area contributed by atoms with Crippen molar-refractivity contribution >= 4 is 72.6 Å². The van der Waals surface area contributed by atoms with Gasteiger partial charge in [-0.2, -0.15) is 9.97 Å². The molecule has 0 bridgehead atoms. The molecule has 11 aromatic rings. The first kappa shape index (κ1) is 33.0. The summed E-state index contributed by atoms with van der Waals surface area (Å²) >= 11 is 0. The minimum absolute atomic E-state index is 0.571. The van der Waals surface area contributed by atoms with Gasteiger partial charge in [0.1, 0.15) is 11.2 Å². The average molecular weight is 747 g/mol. The third kappa shape index (κ3) is 5.26. The largest absolute Gasteiger partial charge is 0.456 e. The van der Waals surface area contributed by atoms with Crippen molar-refractivity contribution in [3.63, 3.8) is 0 Å². The van der Waals surface area contributed by atoms with Gasteiger partial charge < -0.3 is 4.42 Å². The van der Waals surface area contributed by atoms with Gasteiger partial charge in [-0.3, -0.25) is 4.57 Å². The van der Waals surface area contributed by atoms with Crippen molar-refractivity contribution in [3.05, 3.63) is 206 Å². The third-order valence-electron chi connectivity index (χ3n) is 11.2. The lowest BCUT2D eigenvalue weighted by Gasteiger charge is -2.35. The van der Waals surface area contributed by atoms with Gasteiger partial charge in [-0.1, -0.05) is 182 Å². The number of aromatic nitrogens is 4. The Bertz CT molecular complexity index is 3140. The molecule has 11 rings (SSSR count). The molecular weight excluding hydrogens is 713 g/mol. The van der Waals surface area contributed by atoms with Gasteiger partial charge in [-0.05, 0) is 45.0 Å². The molecule has 0 amide bonds. The topological polar surface area (TPSA) is 56.7 Å². The van der Waals surface area contributed by atoms with Crippen molar-refractivity contribution in [2.24, 2.45) is 0 Å². The molecule has 0 fully saturated rings. The fourth-order valence-electron chi connectivity index (χ4n) is 8.75. The molecule has 5 nitrogen and oxygen atoms in total. The Hall–Kier alpha value is -7.41. The van der Waals surface area contributed by atoms with Crippen LogP contribution in [0, 0.1) is 0 Å². The molecule has 0 saturated heterocycles. The van der Waals surface area contributed by atoms with Crippen LogP contribution in [0.1, 0.15) is 0 Å². The van der Waals surface area contributed by atoms with E-state index in [-0.39, 0.29) is 0 Å². The molecule has 0 N–H and O–H groups in total. The number of benzene rings is 8. The summed E-state index contributed by atoms with van der Waals surface area (Å²) in [5.74, 6) is 1.82. The number of rotatable bonds is 7. The number of nitrogens with zero attached hydrogens (tertiary/aromatic N) is 4. The molecule has 0 unspecified atom stereocenters. The fraction of sp³-hybridized carbons (Fsp3) is 0. The molecule has 268 valence electrons. The molecule has 0 aliphatic carbocycles. The highest BCUT2D eigenvalue weighted by Crippen LogP contribution is 2.34. The van der Waals surface area contributed by atoms with Gasteiger partial charge >= 0.3 is 0 Å². The predicted octanol–water partition coefficient (Wildman–Crippen LogP) is 9.58. The van der Waals surface area contributed by atoms with E-state index in [9.17, 15) is 0 Å². The summed E-state index contributed by atoms with van der Waals surface area (Å²) in [5.41, 5.74) is 5.70. The van der Waals surface area contributed by atoms with Gasteiger partial charge in [0.15, 0.2) is 19.7 Å². The van der Waals surface area contributed by atoms with Gasteiger partial charge in [0.25, 0.3) is 0 Å². The van der Waals surface area contributed by atoms with E-state index in [0.29, 0.717) is 17.6 Å². The van der Waals surface area contributed by atoms with Gasteiger partial charge in [0.05, 0.1) is 11.0 Å². The molecule has 0 saturated carbocycles. The monoisotopic (exact) mass is 746 g/mol. The fourth-order valence-corrected chi connectivity index (χ4v) is 13.7. The van der Waals surface area contributed by atoms with E-state index < -0.39 is 8.07 Å². The van der Waals surface area contributed by atoms with Crippen LogP contribution < -0.4 is 20.7 Å². The van der Waals surface area contributed by atoms with Crippen molar-refractivity contribution < 1.29 is 4.42 Å². The summed E-state index contributed by atoms with van der Waals surface area (Å²) in [4.78, 5) is 15.5. The van der Waals surface area contributed by atoms with Gasteiger partial charge in [-0.25, -0.2) is 4.98 Å². The normalized spacial score (nSPS) is 11.9. The summed E-state index contributed by atoms with van der Waals surface area (Å²) in [7, 11) is -3.09. The van der Waals surface area contributed by atoms with Crippen molar-refractivity contribution in [3.8, 4) is 28.7 Å².